The first-order valence-electron chi connectivity index (χ1n) is 2.46. The summed E-state index contributed by atoms with van der Waals surface area (Å²) in [6.45, 7) is 4.13. The zero-order valence-corrected chi connectivity index (χ0v) is 7.23. The Kier molecular flexibility index (Phi) is 6.38. The van der Waals surface area contributed by atoms with Gasteiger partial charge in [-0.05, 0) is 19.6 Å². The third-order valence-electron chi connectivity index (χ3n) is 1.17. The molecule has 0 aromatic heterocycles. The van der Waals surface area contributed by atoms with Crippen LogP contribution in [-0.2, 0) is 0 Å². The van der Waals surface area contributed by atoms with E-state index in [0.29, 0.717) is 0 Å². The maximum atomic E-state index is 5.68. The first-order valence-corrected chi connectivity index (χ1v) is 3.69. The SMILES string of the molecule is CCC(C)(N)SC.Cl. The Hall–Kier alpha value is 0.600. The Morgan fingerprint density at radius 3 is 2.00 bits per heavy atom. The van der Waals surface area contributed by atoms with Gasteiger partial charge in [0.1, 0.15) is 0 Å². The molecular weight excluding hydrogens is 142 g/mol. The van der Waals surface area contributed by atoms with Crippen molar-refractivity contribution in [3.8, 4) is 0 Å². The summed E-state index contributed by atoms with van der Waals surface area (Å²) in [7, 11) is 0. The van der Waals surface area contributed by atoms with Gasteiger partial charge in [-0.25, -0.2) is 0 Å². The van der Waals surface area contributed by atoms with Crippen LogP contribution in [0.25, 0.3) is 0 Å². The van der Waals surface area contributed by atoms with Gasteiger partial charge in [0.2, 0.25) is 0 Å². The Bertz CT molecular complexity index is 50.4. The lowest BCUT2D eigenvalue weighted by atomic mass is 10.3. The zero-order valence-electron chi connectivity index (χ0n) is 5.60. The van der Waals surface area contributed by atoms with Crippen LogP contribution < -0.4 is 5.73 Å². The first kappa shape index (κ1) is 11.4. The van der Waals surface area contributed by atoms with E-state index in [1.54, 1.807) is 11.8 Å². The van der Waals surface area contributed by atoms with Crippen molar-refractivity contribution in [3.05, 3.63) is 0 Å². The normalized spacial score (nSPS) is 16.5. The van der Waals surface area contributed by atoms with Gasteiger partial charge in [-0.3, -0.25) is 0 Å². The maximum Gasteiger partial charge on any atom is 0.0586 e. The Balaban J connectivity index is 0. The number of nitrogens with two attached hydrogens (primary N) is 1. The standard InChI is InChI=1S/C5H13NS.ClH/c1-4-5(2,6)7-3;/h4,6H2,1-3H3;1H. The zero-order chi connectivity index (χ0) is 5.91. The van der Waals surface area contributed by atoms with Crippen LogP contribution in [0.4, 0.5) is 0 Å². The molecule has 0 amide bonds. The lowest BCUT2D eigenvalue weighted by Gasteiger charge is -2.18. The lowest BCUT2D eigenvalue weighted by Crippen LogP contribution is -2.29. The van der Waals surface area contributed by atoms with Crippen molar-refractivity contribution in [2.45, 2.75) is 25.1 Å². The number of hydrogen-bond donors (Lipinski definition) is 1. The molecule has 2 N–H and O–H groups in total. The van der Waals surface area contributed by atoms with E-state index >= 15 is 0 Å². The van der Waals surface area contributed by atoms with Gasteiger partial charge in [-0.15, -0.1) is 24.2 Å². The number of hydrogen-bond acceptors (Lipinski definition) is 2. The topological polar surface area (TPSA) is 26.0 Å². The summed E-state index contributed by atoms with van der Waals surface area (Å²) >= 11 is 1.70. The van der Waals surface area contributed by atoms with Crippen molar-refractivity contribution in [2.24, 2.45) is 5.73 Å². The molecule has 0 heterocycles. The smallest absolute Gasteiger partial charge is 0.0586 e. The summed E-state index contributed by atoms with van der Waals surface area (Å²) in [4.78, 5) is 0.000000000000000222. The highest BCUT2D eigenvalue weighted by Gasteiger charge is 2.10. The third kappa shape index (κ3) is 4.75. The molecule has 1 unspecified atom stereocenters. The van der Waals surface area contributed by atoms with Gasteiger partial charge in [0.25, 0.3) is 0 Å². The summed E-state index contributed by atoms with van der Waals surface area (Å²) in [6.07, 6.45) is 3.07. The molecule has 0 spiro atoms. The molecule has 0 bridgehead atoms. The highest BCUT2D eigenvalue weighted by molar-refractivity contribution is 7.99. The first-order chi connectivity index (χ1) is 3.12. The molecule has 0 saturated heterocycles. The predicted molar refractivity (Wildman–Crippen MR) is 43.6 cm³/mol. The molecule has 0 radical (unpaired) electrons. The molecule has 0 aliphatic heterocycles. The monoisotopic (exact) mass is 155 g/mol. The Labute approximate surface area is 61.8 Å². The second-order valence-electron chi connectivity index (χ2n) is 1.87. The van der Waals surface area contributed by atoms with Gasteiger partial charge < -0.3 is 5.73 Å². The summed E-state index contributed by atoms with van der Waals surface area (Å²) in [5.41, 5.74) is 5.68. The van der Waals surface area contributed by atoms with Crippen molar-refractivity contribution < 1.29 is 0 Å². The molecule has 0 rings (SSSR count). The van der Waals surface area contributed by atoms with E-state index in [0.717, 1.165) is 6.42 Å². The second kappa shape index (κ2) is 4.48. The summed E-state index contributed by atoms with van der Waals surface area (Å²) < 4.78 is 0. The van der Waals surface area contributed by atoms with Crippen LogP contribution in [0.15, 0.2) is 0 Å². The van der Waals surface area contributed by atoms with Gasteiger partial charge in [0.15, 0.2) is 0 Å². The van der Waals surface area contributed by atoms with E-state index in [4.69, 9.17) is 5.73 Å². The van der Waals surface area contributed by atoms with E-state index in [1.165, 1.54) is 0 Å². The van der Waals surface area contributed by atoms with Gasteiger partial charge in [-0.1, -0.05) is 6.92 Å². The molecule has 0 fully saturated rings. The van der Waals surface area contributed by atoms with Crippen LogP contribution in [0, 0.1) is 0 Å². The number of halogens is 1. The fraction of sp³-hybridized carbons (Fsp3) is 1.00. The minimum atomic E-state index is 0. The molecule has 0 saturated carbocycles. The molecule has 3 heteroatoms. The van der Waals surface area contributed by atoms with Crippen LogP contribution in [0.2, 0.25) is 0 Å². The average Bonchev–Trinajstić information content (AvgIpc) is 1.68. The fourth-order valence-electron chi connectivity index (χ4n) is 0.144. The molecule has 0 aromatic carbocycles. The highest BCUT2D eigenvalue weighted by atomic mass is 35.5. The molecule has 0 aliphatic rings. The van der Waals surface area contributed by atoms with E-state index in [1.807, 2.05) is 13.2 Å². The van der Waals surface area contributed by atoms with E-state index in [2.05, 4.69) is 6.92 Å². The number of rotatable bonds is 2. The Morgan fingerprint density at radius 1 is 1.62 bits per heavy atom. The molecule has 1 nitrogen and oxygen atoms in total. The van der Waals surface area contributed by atoms with Gasteiger partial charge in [0, 0.05) is 0 Å². The van der Waals surface area contributed by atoms with Crippen LogP contribution >= 0.6 is 24.2 Å². The van der Waals surface area contributed by atoms with Gasteiger partial charge in [-0.2, -0.15) is 0 Å². The van der Waals surface area contributed by atoms with Crippen molar-refractivity contribution in [2.75, 3.05) is 6.26 Å². The van der Waals surface area contributed by atoms with Crippen LogP contribution in [0.1, 0.15) is 20.3 Å². The van der Waals surface area contributed by atoms with E-state index < -0.39 is 0 Å². The summed E-state index contributed by atoms with van der Waals surface area (Å²) in [6, 6.07) is 0. The summed E-state index contributed by atoms with van der Waals surface area (Å²) in [5.74, 6) is 0. The predicted octanol–water partition coefficient (Wildman–Crippen LogP) is 1.86. The largest absolute Gasteiger partial charge is 0.317 e. The fourth-order valence-corrected chi connectivity index (χ4v) is 0.433. The molecular formula is C5H14ClNS. The minimum absolute atomic E-state index is 0. The molecule has 52 valence electrons. The maximum absolute atomic E-state index is 5.68. The third-order valence-corrected chi connectivity index (χ3v) is 2.39. The van der Waals surface area contributed by atoms with E-state index in [9.17, 15) is 0 Å². The van der Waals surface area contributed by atoms with Crippen LogP contribution in [0.3, 0.4) is 0 Å². The van der Waals surface area contributed by atoms with Crippen LogP contribution in [0.5, 0.6) is 0 Å². The van der Waals surface area contributed by atoms with Crippen molar-refractivity contribution in [1.82, 2.24) is 0 Å². The van der Waals surface area contributed by atoms with Gasteiger partial charge in [0.05, 0.1) is 4.87 Å². The van der Waals surface area contributed by atoms with Crippen LogP contribution in [-0.4, -0.2) is 11.1 Å². The molecule has 8 heavy (non-hydrogen) atoms. The minimum Gasteiger partial charge on any atom is -0.317 e. The molecule has 0 aromatic rings. The molecule has 1 atom stereocenters. The quantitative estimate of drug-likeness (QED) is 0.617. The lowest BCUT2D eigenvalue weighted by molar-refractivity contribution is 0.653. The van der Waals surface area contributed by atoms with Crippen molar-refractivity contribution >= 4 is 24.2 Å². The van der Waals surface area contributed by atoms with Crippen molar-refractivity contribution in [3.63, 3.8) is 0 Å². The number of thioether (sulfide) groups is 1. The second-order valence-corrected chi connectivity index (χ2v) is 3.21. The van der Waals surface area contributed by atoms with Gasteiger partial charge >= 0.3 is 0 Å². The van der Waals surface area contributed by atoms with Crippen molar-refractivity contribution in [1.29, 1.82) is 0 Å². The van der Waals surface area contributed by atoms with E-state index in [-0.39, 0.29) is 17.3 Å². The Morgan fingerprint density at radius 2 is 2.00 bits per heavy atom. The average molecular weight is 156 g/mol. The molecule has 0 aliphatic carbocycles. The highest BCUT2D eigenvalue weighted by Crippen LogP contribution is 2.17. The summed E-state index contributed by atoms with van der Waals surface area (Å²) in [5, 5.41) is 0.